The highest BCUT2D eigenvalue weighted by Gasteiger charge is 2.53. The molecule has 4 heterocycles. The number of fused-ring (bicyclic) bond motifs is 2. The lowest BCUT2D eigenvalue weighted by Crippen LogP contribution is -2.60. The summed E-state index contributed by atoms with van der Waals surface area (Å²) in [5.74, 6) is 1.44. The van der Waals surface area contributed by atoms with Gasteiger partial charge in [0, 0.05) is 6.54 Å². The van der Waals surface area contributed by atoms with Crippen LogP contribution in [0.25, 0.3) is 0 Å². The molecule has 0 saturated carbocycles. The molecule has 0 N–H and O–H groups in total. The Balaban J connectivity index is 1.87. The van der Waals surface area contributed by atoms with Crippen LogP contribution in [0.2, 0.25) is 0 Å². The highest BCUT2D eigenvalue weighted by Crippen LogP contribution is 2.43. The first-order valence-corrected chi connectivity index (χ1v) is 6.85. The Bertz CT molecular complexity index is 275. The van der Waals surface area contributed by atoms with Crippen LogP contribution in [0.3, 0.4) is 0 Å². The first kappa shape index (κ1) is 9.31. The second-order valence-corrected chi connectivity index (χ2v) is 6.54. The number of ether oxygens (including phenoxy) is 1. The Kier molecular flexibility index (Phi) is 2.01. The number of rotatable bonds is 0. The van der Waals surface area contributed by atoms with Crippen LogP contribution in [-0.4, -0.2) is 45.5 Å². The third-order valence-electron chi connectivity index (χ3n) is 3.98. The van der Waals surface area contributed by atoms with E-state index >= 15 is 0 Å². The minimum atomic E-state index is -0.755. The van der Waals surface area contributed by atoms with Crippen molar-refractivity contribution in [3.05, 3.63) is 0 Å². The summed E-state index contributed by atoms with van der Waals surface area (Å²) in [6.45, 7) is 5.41. The quantitative estimate of drug-likeness (QED) is 0.592. The maximum absolute atomic E-state index is 11.7. The third kappa shape index (κ3) is 1.20. The minimum absolute atomic E-state index is 0.0409. The largest absolute Gasteiger partial charge is 0.356 e. The summed E-state index contributed by atoms with van der Waals surface area (Å²) in [6.07, 6.45) is 2.48. The molecule has 4 aliphatic heterocycles. The number of hydrogen-bond donors (Lipinski definition) is 0. The van der Waals surface area contributed by atoms with Crippen molar-refractivity contribution in [2.24, 2.45) is 5.92 Å². The maximum atomic E-state index is 11.7. The molecule has 14 heavy (non-hydrogen) atoms. The molecular weight excluding hydrogens is 198 g/mol. The lowest BCUT2D eigenvalue weighted by molar-refractivity contribution is -0.133. The van der Waals surface area contributed by atoms with E-state index in [1.807, 2.05) is 6.92 Å². The summed E-state index contributed by atoms with van der Waals surface area (Å²) < 4.78 is 17.7. The van der Waals surface area contributed by atoms with Crippen LogP contribution < -0.4 is 0 Å². The van der Waals surface area contributed by atoms with Gasteiger partial charge in [0.25, 0.3) is 0 Å². The third-order valence-corrected chi connectivity index (χ3v) is 5.59. The summed E-state index contributed by atoms with van der Waals surface area (Å²) >= 11 is 0. The van der Waals surface area contributed by atoms with Crippen LogP contribution in [0, 0.1) is 5.92 Å². The molecule has 4 heteroatoms. The zero-order valence-corrected chi connectivity index (χ0v) is 9.39. The van der Waals surface area contributed by atoms with Gasteiger partial charge in [-0.15, -0.1) is 0 Å². The average molecular weight is 215 g/mol. The molecule has 2 bridgehead atoms. The first-order chi connectivity index (χ1) is 6.70. The summed E-state index contributed by atoms with van der Waals surface area (Å²) in [7, 11) is -0.755. The van der Waals surface area contributed by atoms with Crippen LogP contribution in [0.1, 0.15) is 19.8 Å². The fourth-order valence-electron chi connectivity index (χ4n) is 3.20. The number of piperidine rings is 3. The topological polar surface area (TPSA) is 29.5 Å². The molecule has 4 aliphatic rings. The molecule has 0 amide bonds. The average Bonchev–Trinajstić information content (AvgIpc) is 2.43. The van der Waals surface area contributed by atoms with Crippen LogP contribution in [0.4, 0.5) is 0 Å². The molecule has 4 saturated heterocycles. The predicted octanol–water partition coefficient (Wildman–Crippen LogP) is 0.576. The molecule has 0 unspecified atom stereocenters. The molecule has 3 atom stereocenters. The Morgan fingerprint density at radius 3 is 2.57 bits per heavy atom. The number of nitrogens with zero attached hydrogens (tertiary/aromatic N) is 1. The van der Waals surface area contributed by atoms with E-state index in [4.69, 9.17) is 4.74 Å². The van der Waals surface area contributed by atoms with Crippen molar-refractivity contribution in [3.8, 4) is 0 Å². The highest BCUT2D eigenvalue weighted by atomic mass is 32.2. The van der Waals surface area contributed by atoms with Crippen LogP contribution >= 0.6 is 0 Å². The second-order valence-electron chi connectivity index (χ2n) is 4.83. The molecule has 4 rings (SSSR count). The van der Waals surface area contributed by atoms with Gasteiger partial charge >= 0.3 is 0 Å². The predicted molar refractivity (Wildman–Crippen MR) is 55.5 cm³/mol. The summed E-state index contributed by atoms with van der Waals surface area (Å²) in [4.78, 5) is 2.47. The van der Waals surface area contributed by atoms with Crippen LogP contribution in [-0.2, 0) is 15.5 Å². The van der Waals surface area contributed by atoms with Gasteiger partial charge in [-0.1, -0.05) is 0 Å². The monoisotopic (exact) mass is 215 g/mol. The zero-order valence-electron chi connectivity index (χ0n) is 8.57. The Morgan fingerprint density at radius 2 is 2.14 bits per heavy atom. The molecule has 80 valence electrons. The van der Waals surface area contributed by atoms with E-state index in [1.54, 1.807) is 0 Å². The molecule has 0 aromatic rings. The zero-order chi connectivity index (χ0) is 9.76. The van der Waals surface area contributed by atoms with Crippen molar-refractivity contribution in [3.63, 3.8) is 0 Å². The van der Waals surface area contributed by atoms with Gasteiger partial charge in [0.2, 0.25) is 0 Å². The molecule has 0 aromatic carbocycles. The van der Waals surface area contributed by atoms with E-state index in [-0.39, 0.29) is 11.0 Å². The molecule has 3 nitrogen and oxygen atoms in total. The lowest BCUT2D eigenvalue weighted by Gasteiger charge is -2.50. The van der Waals surface area contributed by atoms with Crippen molar-refractivity contribution in [2.45, 2.75) is 30.8 Å². The van der Waals surface area contributed by atoms with Crippen molar-refractivity contribution in [2.75, 3.05) is 25.4 Å². The molecule has 0 aliphatic carbocycles. The van der Waals surface area contributed by atoms with Crippen molar-refractivity contribution in [1.29, 1.82) is 0 Å². The molecule has 4 fully saturated rings. The molecule has 1 spiro atoms. The Labute approximate surface area is 87.3 Å². The SMILES string of the molecule is C[C@@H]1O[C@]2(CN3CCC2CC3)C[S@@]1=O. The fraction of sp³-hybridized carbons (Fsp3) is 1.00. The standard InChI is InChI=1S/C10H17NO2S/c1-8-13-10(7-14(8)12)6-11-4-2-9(10)3-5-11/h8-9H,2-7H2,1H3/t8-,10-,14+/m1/s1. The van der Waals surface area contributed by atoms with Gasteiger partial charge in [-0.25, -0.2) is 0 Å². The van der Waals surface area contributed by atoms with Crippen molar-refractivity contribution < 1.29 is 8.95 Å². The first-order valence-electron chi connectivity index (χ1n) is 5.47. The van der Waals surface area contributed by atoms with E-state index in [9.17, 15) is 4.21 Å². The van der Waals surface area contributed by atoms with Crippen molar-refractivity contribution >= 4 is 10.8 Å². The summed E-state index contributed by atoms with van der Waals surface area (Å²) in [5.41, 5.74) is -0.0867. The molecule has 0 aromatic heterocycles. The normalized spacial score (nSPS) is 56.9. The van der Waals surface area contributed by atoms with Gasteiger partial charge in [-0.05, 0) is 38.8 Å². The van der Waals surface area contributed by atoms with Gasteiger partial charge in [0.15, 0.2) is 0 Å². The second kappa shape index (κ2) is 3.03. The van der Waals surface area contributed by atoms with Gasteiger partial charge in [0.1, 0.15) is 5.44 Å². The van der Waals surface area contributed by atoms with Crippen LogP contribution in [0.15, 0.2) is 0 Å². The number of hydrogen-bond acceptors (Lipinski definition) is 3. The van der Waals surface area contributed by atoms with E-state index in [0.717, 1.165) is 12.3 Å². The fourth-order valence-corrected chi connectivity index (χ4v) is 4.61. The van der Waals surface area contributed by atoms with E-state index in [2.05, 4.69) is 4.90 Å². The van der Waals surface area contributed by atoms with Crippen molar-refractivity contribution in [1.82, 2.24) is 4.90 Å². The van der Waals surface area contributed by atoms with E-state index in [1.165, 1.54) is 25.9 Å². The van der Waals surface area contributed by atoms with Gasteiger partial charge in [0.05, 0.1) is 22.2 Å². The lowest BCUT2D eigenvalue weighted by atomic mass is 9.76. The Hall–Kier alpha value is 0.0700. The van der Waals surface area contributed by atoms with E-state index in [0.29, 0.717) is 5.92 Å². The molecule has 0 radical (unpaired) electrons. The Morgan fingerprint density at radius 1 is 1.43 bits per heavy atom. The highest BCUT2D eigenvalue weighted by molar-refractivity contribution is 7.85. The summed E-state index contributed by atoms with van der Waals surface area (Å²) in [6, 6.07) is 0. The molecular formula is C10H17NO2S. The maximum Gasteiger partial charge on any atom is 0.130 e. The smallest absolute Gasteiger partial charge is 0.130 e. The van der Waals surface area contributed by atoms with Gasteiger partial charge in [-0.2, -0.15) is 0 Å². The van der Waals surface area contributed by atoms with Gasteiger partial charge < -0.3 is 9.64 Å². The summed E-state index contributed by atoms with van der Waals surface area (Å²) in [5, 5.41) is 0. The van der Waals surface area contributed by atoms with Gasteiger partial charge in [-0.3, -0.25) is 4.21 Å². The minimum Gasteiger partial charge on any atom is -0.356 e. The van der Waals surface area contributed by atoms with E-state index < -0.39 is 10.8 Å². The van der Waals surface area contributed by atoms with Crippen LogP contribution in [0.5, 0.6) is 0 Å².